The Kier molecular flexibility index (Phi) is 7.36. The highest BCUT2D eigenvalue weighted by molar-refractivity contribution is 5.76. The van der Waals surface area contributed by atoms with Crippen LogP contribution < -0.4 is 5.32 Å². The number of benzene rings is 2. The number of rotatable bonds is 8. The van der Waals surface area contributed by atoms with Crippen LogP contribution in [0.2, 0.25) is 0 Å². The minimum absolute atomic E-state index is 0.0130. The van der Waals surface area contributed by atoms with Crippen molar-refractivity contribution >= 4 is 5.91 Å². The number of hydrogen-bond donors (Lipinski definition) is 1. The number of halogens is 1. The summed E-state index contributed by atoms with van der Waals surface area (Å²) in [7, 11) is 0. The summed E-state index contributed by atoms with van der Waals surface area (Å²) in [5, 5.41) is 2.95. The normalized spacial score (nSPS) is 15.6. The molecule has 1 saturated heterocycles. The number of hydrogen-bond acceptors (Lipinski definition) is 3. The van der Waals surface area contributed by atoms with Crippen molar-refractivity contribution in [1.29, 1.82) is 0 Å². The third-order valence-electron chi connectivity index (χ3n) is 5.04. The topological polar surface area (TPSA) is 35.6 Å². The van der Waals surface area contributed by atoms with Crippen LogP contribution >= 0.6 is 0 Å². The van der Waals surface area contributed by atoms with Crippen molar-refractivity contribution < 1.29 is 9.18 Å². The number of nitrogens with one attached hydrogen (secondary N) is 1. The largest absolute Gasteiger partial charge is 0.355 e. The molecule has 0 spiro atoms. The van der Waals surface area contributed by atoms with Crippen LogP contribution in [0.15, 0.2) is 54.6 Å². The summed E-state index contributed by atoms with van der Waals surface area (Å²) in [4.78, 5) is 16.8. The first kappa shape index (κ1) is 19.5. The van der Waals surface area contributed by atoms with Gasteiger partial charge in [0.05, 0.1) is 0 Å². The van der Waals surface area contributed by atoms with Gasteiger partial charge in [0.25, 0.3) is 0 Å². The van der Waals surface area contributed by atoms with E-state index < -0.39 is 0 Å². The van der Waals surface area contributed by atoms with E-state index in [4.69, 9.17) is 0 Å². The molecular weight excluding hydrogens is 341 g/mol. The number of carbonyl (C=O) groups excluding carboxylic acids is 1. The Bertz CT molecular complexity index is 715. The van der Waals surface area contributed by atoms with Gasteiger partial charge in [-0.15, -0.1) is 0 Å². The summed E-state index contributed by atoms with van der Waals surface area (Å²) in [5.41, 5.74) is 1.95. The molecule has 0 radical (unpaired) electrons. The molecule has 1 heterocycles. The molecule has 5 heteroatoms. The Hall–Kier alpha value is -2.24. The highest BCUT2D eigenvalue weighted by Gasteiger charge is 2.16. The molecule has 3 rings (SSSR count). The first-order valence-corrected chi connectivity index (χ1v) is 9.69. The molecule has 1 N–H and O–H groups in total. The highest BCUT2D eigenvalue weighted by Crippen LogP contribution is 2.09. The molecule has 0 unspecified atom stereocenters. The summed E-state index contributed by atoms with van der Waals surface area (Å²) < 4.78 is 13.6. The third-order valence-corrected chi connectivity index (χ3v) is 5.04. The third kappa shape index (κ3) is 6.45. The van der Waals surface area contributed by atoms with E-state index >= 15 is 0 Å². The Morgan fingerprint density at radius 2 is 1.59 bits per heavy atom. The SMILES string of the molecule is O=C(CCc1ccccc1F)NCCN1CCN(Cc2ccccc2)CC1. The van der Waals surface area contributed by atoms with Crippen LogP contribution in [0, 0.1) is 5.82 Å². The summed E-state index contributed by atoms with van der Waals surface area (Å²) in [6, 6.07) is 17.2. The Labute approximate surface area is 161 Å². The fraction of sp³-hybridized carbons (Fsp3) is 0.409. The van der Waals surface area contributed by atoms with E-state index in [0.717, 1.165) is 39.3 Å². The molecule has 1 aliphatic rings. The van der Waals surface area contributed by atoms with E-state index in [1.54, 1.807) is 18.2 Å². The summed E-state index contributed by atoms with van der Waals surface area (Å²) in [5.74, 6) is -0.250. The lowest BCUT2D eigenvalue weighted by Gasteiger charge is -2.34. The van der Waals surface area contributed by atoms with Crippen molar-refractivity contribution in [3.8, 4) is 0 Å². The minimum Gasteiger partial charge on any atom is -0.355 e. The molecule has 0 aliphatic carbocycles. The van der Waals surface area contributed by atoms with E-state index in [2.05, 4.69) is 39.4 Å². The second kappa shape index (κ2) is 10.2. The van der Waals surface area contributed by atoms with Gasteiger partial charge in [0, 0.05) is 52.2 Å². The average Bonchev–Trinajstić information content (AvgIpc) is 2.69. The summed E-state index contributed by atoms with van der Waals surface area (Å²) in [6.07, 6.45) is 0.766. The Morgan fingerprint density at radius 1 is 0.926 bits per heavy atom. The van der Waals surface area contributed by atoms with Crippen molar-refractivity contribution in [1.82, 2.24) is 15.1 Å². The quantitative estimate of drug-likeness (QED) is 0.777. The molecule has 2 aromatic rings. The van der Waals surface area contributed by atoms with Crippen molar-refractivity contribution in [2.24, 2.45) is 0 Å². The van der Waals surface area contributed by atoms with E-state index in [1.807, 2.05) is 6.07 Å². The van der Waals surface area contributed by atoms with Crippen LogP contribution in [0.5, 0.6) is 0 Å². The van der Waals surface area contributed by atoms with Crippen molar-refractivity contribution in [2.75, 3.05) is 39.3 Å². The highest BCUT2D eigenvalue weighted by atomic mass is 19.1. The lowest BCUT2D eigenvalue weighted by atomic mass is 10.1. The van der Waals surface area contributed by atoms with Gasteiger partial charge in [-0.2, -0.15) is 0 Å². The van der Waals surface area contributed by atoms with Crippen LogP contribution in [0.4, 0.5) is 4.39 Å². The zero-order chi connectivity index (χ0) is 18.9. The van der Waals surface area contributed by atoms with E-state index in [9.17, 15) is 9.18 Å². The van der Waals surface area contributed by atoms with Crippen LogP contribution in [0.3, 0.4) is 0 Å². The predicted molar refractivity (Wildman–Crippen MR) is 106 cm³/mol. The maximum Gasteiger partial charge on any atom is 0.220 e. The molecule has 0 atom stereocenters. The number of piperazine rings is 1. The van der Waals surface area contributed by atoms with Gasteiger partial charge in [-0.25, -0.2) is 4.39 Å². The van der Waals surface area contributed by atoms with E-state index in [-0.39, 0.29) is 11.7 Å². The van der Waals surface area contributed by atoms with E-state index in [0.29, 0.717) is 24.9 Å². The van der Waals surface area contributed by atoms with Crippen molar-refractivity contribution in [2.45, 2.75) is 19.4 Å². The minimum atomic E-state index is -0.237. The molecule has 4 nitrogen and oxygen atoms in total. The molecule has 0 bridgehead atoms. The average molecular weight is 369 g/mol. The van der Waals surface area contributed by atoms with Crippen LogP contribution in [0.25, 0.3) is 0 Å². The van der Waals surface area contributed by atoms with Gasteiger partial charge in [-0.1, -0.05) is 48.5 Å². The maximum atomic E-state index is 13.6. The van der Waals surface area contributed by atoms with Gasteiger partial charge in [0.2, 0.25) is 5.91 Å². The monoisotopic (exact) mass is 369 g/mol. The Morgan fingerprint density at radius 3 is 2.33 bits per heavy atom. The van der Waals surface area contributed by atoms with Crippen LogP contribution in [0.1, 0.15) is 17.5 Å². The van der Waals surface area contributed by atoms with E-state index in [1.165, 1.54) is 11.6 Å². The molecule has 27 heavy (non-hydrogen) atoms. The van der Waals surface area contributed by atoms with Gasteiger partial charge >= 0.3 is 0 Å². The molecule has 1 aliphatic heterocycles. The van der Waals surface area contributed by atoms with Gasteiger partial charge < -0.3 is 5.32 Å². The van der Waals surface area contributed by atoms with Crippen LogP contribution in [-0.2, 0) is 17.8 Å². The van der Waals surface area contributed by atoms with Crippen molar-refractivity contribution in [3.63, 3.8) is 0 Å². The number of carbonyl (C=O) groups is 1. The molecule has 144 valence electrons. The molecule has 1 amide bonds. The standard InChI is InChI=1S/C22H28FN3O/c23-21-9-5-4-8-20(21)10-11-22(27)24-12-13-25-14-16-26(17-15-25)18-19-6-2-1-3-7-19/h1-9H,10-18H2,(H,24,27). The molecule has 0 saturated carbocycles. The lowest BCUT2D eigenvalue weighted by Crippen LogP contribution is -2.48. The molecule has 2 aromatic carbocycles. The van der Waals surface area contributed by atoms with Gasteiger partial charge in [-0.05, 0) is 23.6 Å². The number of aryl methyl sites for hydroxylation is 1. The fourth-order valence-corrected chi connectivity index (χ4v) is 3.40. The molecule has 1 fully saturated rings. The van der Waals surface area contributed by atoms with Gasteiger partial charge in [0.1, 0.15) is 5.82 Å². The number of nitrogens with zero attached hydrogens (tertiary/aromatic N) is 2. The number of amides is 1. The summed E-state index contributed by atoms with van der Waals surface area (Å²) >= 11 is 0. The first-order chi connectivity index (χ1) is 13.2. The smallest absolute Gasteiger partial charge is 0.220 e. The zero-order valence-electron chi connectivity index (χ0n) is 15.7. The zero-order valence-corrected chi connectivity index (χ0v) is 15.7. The molecular formula is C22H28FN3O. The second-order valence-electron chi connectivity index (χ2n) is 7.04. The second-order valence-corrected chi connectivity index (χ2v) is 7.04. The van der Waals surface area contributed by atoms with Crippen molar-refractivity contribution in [3.05, 3.63) is 71.5 Å². The van der Waals surface area contributed by atoms with Gasteiger partial charge in [-0.3, -0.25) is 14.6 Å². The Balaban J connectivity index is 1.29. The van der Waals surface area contributed by atoms with Gasteiger partial charge in [0.15, 0.2) is 0 Å². The summed E-state index contributed by atoms with van der Waals surface area (Å²) in [6.45, 7) is 6.67. The lowest BCUT2D eigenvalue weighted by molar-refractivity contribution is -0.121. The first-order valence-electron chi connectivity index (χ1n) is 9.69. The molecule has 0 aromatic heterocycles. The van der Waals surface area contributed by atoms with Crippen LogP contribution in [-0.4, -0.2) is 55.0 Å². The predicted octanol–water partition coefficient (Wildman–Crippen LogP) is 2.69. The maximum absolute atomic E-state index is 13.6. The fourth-order valence-electron chi connectivity index (χ4n) is 3.40.